The summed E-state index contributed by atoms with van der Waals surface area (Å²) >= 11 is 5.88. The number of amides is 1. The maximum absolute atomic E-state index is 12.8. The molecule has 0 radical (unpaired) electrons. The van der Waals surface area contributed by atoms with Crippen LogP contribution in [-0.2, 0) is 11.8 Å². The van der Waals surface area contributed by atoms with Crippen LogP contribution in [0.15, 0.2) is 42.6 Å². The number of likely N-dealkylation sites (tertiary alicyclic amines) is 1. The highest BCUT2D eigenvalue weighted by molar-refractivity contribution is 6.30. The smallest absolute Gasteiger partial charge is 0.226 e. The summed E-state index contributed by atoms with van der Waals surface area (Å²) in [6.07, 6.45) is 4.42. The number of carbonyl (C=O) groups is 1. The van der Waals surface area contributed by atoms with Gasteiger partial charge in [-0.3, -0.25) is 4.79 Å². The number of hydrogen-bond acceptors (Lipinski definition) is 2. The van der Waals surface area contributed by atoms with Gasteiger partial charge in [0.2, 0.25) is 5.91 Å². The fourth-order valence-electron chi connectivity index (χ4n) is 3.44. The van der Waals surface area contributed by atoms with Crippen LogP contribution < -0.4 is 0 Å². The molecular weight excluding hydrogens is 324 g/mol. The molecule has 1 amide bonds. The van der Waals surface area contributed by atoms with E-state index in [1.54, 1.807) is 24.3 Å². The predicted octanol–water partition coefficient (Wildman–Crippen LogP) is 3.86. The minimum absolute atomic E-state index is 0.00310. The van der Waals surface area contributed by atoms with Gasteiger partial charge in [-0.25, -0.2) is 0 Å². The van der Waals surface area contributed by atoms with Crippen LogP contribution in [0.3, 0.4) is 0 Å². The number of carbonyl (C=O) groups excluding carboxylic acids is 1. The van der Waals surface area contributed by atoms with E-state index in [2.05, 4.69) is 10.6 Å². The SMILES string of the molecule is Cn1cccc1[C@H]1CCCCN1C(=O)C[C@H](O)c1ccc(Cl)cc1. The maximum Gasteiger partial charge on any atom is 0.226 e. The van der Waals surface area contributed by atoms with Gasteiger partial charge in [0.05, 0.1) is 18.6 Å². The minimum Gasteiger partial charge on any atom is -0.388 e. The van der Waals surface area contributed by atoms with Crippen molar-refractivity contribution in [3.63, 3.8) is 0 Å². The zero-order valence-corrected chi connectivity index (χ0v) is 14.6. The van der Waals surface area contributed by atoms with E-state index in [0.29, 0.717) is 5.02 Å². The Kier molecular flexibility index (Phi) is 5.27. The van der Waals surface area contributed by atoms with Gasteiger partial charge < -0.3 is 14.6 Å². The summed E-state index contributed by atoms with van der Waals surface area (Å²) in [5.41, 5.74) is 1.88. The van der Waals surface area contributed by atoms with Crippen LogP contribution in [0.2, 0.25) is 5.02 Å². The molecule has 1 aliphatic rings. The monoisotopic (exact) mass is 346 g/mol. The Morgan fingerprint density at radius 2 is 2.04 bits per heavy atom. The first-order valence-electron chi connectivity index (χ1n) is 8.40. The lowest BCUT2D eigenvalue weighted by molar-refractivity contribution is -0.137. The van der Waals surface area contributed by atoms with Gasteiger partial charge in [-0.2, -0.15) is 0 Å². The van der Waals surface area contributed by atoms with Crippen molar-refractivity contribution >= 4 is 17.5 Å². The first kappa shape index (κ1) is 17.1. The molecule has 0 unspecified atom stereocenters. The first-order valence-corrected chi connectivity index (χ1v) is 8.78. The zero-order valence-electron chi connectivity index (χ0n) is 13.9. The Hall–Kier alpha value is -1.78. The van der Waals surface area contributed by atoms with E-state index in [9.17, 15) is 9.90 Å². The molecule has 2 atom stereocenters. The minimum atomic E-state index is -0.800. The number of hydrogen-bond donors (Lipinski definition) is 1. The molecule has 1 N–H and O–H groups in total. The molecular formula is C19H23ClN2O2. The van der Waals surface area contributed by atoms with Crippen LogP contribution in [0.1, 0.15) is 49.1 Å². The van der Waals surface area contributed by atoms with Gasteiger partial charge in [-0.05, 0) is 49.1 Å². The second kappa shape index (κ2) is 7.41. The summed E-state index contributed by atoms with van der Waals surface area (Å²) in [6, 6.07) is 11.2. The topological polar surface area (TPSA) is 45.5 Å². The molecule has 0 saturated carbocycles. The second-order valence-electron chi connectivity index (χ2n) is 6.41. The zero-order chi connectivity index (χ0) is 17.1. The van der Waals surface area contributed by atoms with Gasteiger partial charge >= 0.3 is 0 Å². The quantitative estimate of drug-likeness (QED) is 0.913. The van der Waals surface area contributed by atoms with Crippen LogP contribution in [0.4, 0.5) is 0 Å². The van der Waals surface area contributed by atoms with Gasteiger partial charge in [0.25, 0.3) is 0 Å². The van der Waals surface area contributed by atoms with Gasteiger partial charge in [-0.1, -0.05) is 23.7 Å². The molecule has 1 aliphatic heterocycles. The third-order valence-electron chi connectivity index (χ3n) is 4.77. The van der Waals surface area contributed by atoms with E-state index in [-0.39, 0.29) is 18.4 Å². The average molecular weight is 347 g/mol. The molecule has 2 aromatic rings. The number of piperidine rings is 1. The molecule has 4 nitrogen and oxygen atoms in total. The Bertz CT molecular complexity index is 696. The molecule has 1 aromatic carbocycles. The standard InChI is InChI=1S/C19H23ClN2O2/c1-21-11-4-6-16(21)17-5-2-3-12-22(17)19(24)13-18(23)14-7-9-15(20)10-8-14/h4,6-11,17-18,23H,2-3,5,12-13H2,1H3/t17-,18+/m1/s1. The molecule has 128 valence electrons. The largest absolute Gasteiger partial charge is 0.388 e. The lowest BCUT2D eigenvalue weighted by Crippen LogP contribution is -2.39. The van der Waals surface area contributed by atoms with E-state index < -0.39 is 6.10 Å². The van der Waals surface area contributed by atoms with Crippen LogP contribution in [0, 0.1) is 0 Å². The van der Waals surface area contributed by atoms with Gasteiger partial charge in [-0.15, -0.1) is 0 Å². The molecule has 1 saturated heterocycles. The van der Waals surface area contributed by atoms with Crippen LogP contribution in [-0.4, -0.2) is 27.0 Å². The summed E-state index contributed by atoms with van der Waals surface area (Å²) in [5.74, 6) is 0.00310. The number of rotatable bonds is 4. The van der Waals surface area contributed by atoms with Crippen molar-refractivity contribution in [1.82, 2.24) is 9.47 Å². The highest BCUT2D eigenvalue weighted by Crippen LogP contribution is 2.32. The van der Waals surface area contributed by atoms with E-state index >= 15 is 0 Å². The van der Waals surface area contributed by atoms with Crippen LogP contribution >= 0.6 is 11.6 Å². The Labute approximate surface area is 147 Å². The lowest BCUT2D eigenvalue weighted by Gasteiger charge is -2.36. The number of aliphatic hydroxyl groups is 1. The fraction of sp³-hybridized carbons (Fsp3) is 0.421. The normalized spacial score (nSPS) is 19.3. The second-order valence-corrected chi connectivity index (χ2v) is 6.85. The van der Waals surface area contributed by atoms with Crippen molar-refractivity contribution in [2.45, 2.75) is 37.8 Å². The molecule has 2 heterocycles. The van der Waals surface area contributed by atoms with Gasteiger partial charge in [0, 0.05) is 30.5 Å². The van der Waals surface area contributed by atoms with Crippen molar-refractivity contribution in [3.8, 4) is 0 Å². The number of nitrogens with zero attached hydrogens (tertiary/aromatic N) is 2. The summed E-state index contributed by atoms with van der Waals surface area (Å²) < 4.78 is 2.08. The number of aromatic nitrogens is 1. The first-order chi connectivity index (χ1) is 11.6. The molecule has 24 heavy (non-hydrogen) atoms. The third-order valence-corrected chi connectivity index (χ3v) is 5.02. The van der Waals surface area contributed by atoms with E-state index in [1.165, 1.54) is 0 Å². The average Bonchev–Trinajstić information content (AvgIpc) is 3.01. The lowest BCUT2D eigenvalue weighted by atomic mass is 9.97. The summed E-state index contributed by atoms with van der Waals surface area (Å²) in [6.45, 7) is 0.752. The van der Waals surface area contributed by atoms with Crippen LogP contribution in [0.25, 0.3) is 0 Å². The van der Waals surface area contributed by atoms with Gasteiger partial charge in [0.15, 0.2) is 0 Å². The Morgan fingerprint density at radius 1 is 1.29 bits per heavy atom. The molecule has 5 heteroatoms. The number of aliphatic hydroxyl groups excluding tert-OH is 1. The summed E-state index contributed by atoms with van der Waals surface area (Å²) in [4.78, 5) is 14.7. The fourth-order valence-corrected chi connectivity index (χ4v) is 3.57. The predicted molar refractivity (Wildman–Crippen MR) is 94.7 cm³/mol. The maximum atomic E-state index is 12.8. The molecule has 3 rings (SSSR count). The van der Waals surface area contributed by atoms with E-state index in [0.717, 1.165) is 37.1 Å². The van der Waals surface area contributed by atoms with Crippen molar-refractivity contribution in [3.05, 3.63) is 58.9 Å². The third kappa shape index (κ3) is 3.65. The summed E-state index contributed by atoms with van der Waals surface area (Å²) in [7, 11) is 2.01. The van der Waals surface area contributed by atoms with Crippen LogP contribution in [0.5, 0.6) is 0 Å². The number of benzene rings is 1. The van der Waals surface area contributed by atoms with Gasteiger partial charge in [0.1, 0.15) is 0 Å². The van der Waals surface area contributed by atoms with E-state index in [1.807, 2.05) is 24.2 Å². The number of aryl methyl sites for hydroxylation is 1. The number of halogens is 1. The molecule has 0 aliphatic carbocycles. The molecule has 0 spiro atoms. The van der Waals surface area contributed by atoms with Crippen molar-refractivity contribution in [1.29, 1.82) is 0 Å². The van der Waals surface area contributed by atoms with Crippen molar-refractivity contribution < 1.29 is 9.90 Å². The van der Waals surface area contributed by atoms with Crippen molar-refractivity contribution in [2.75, 3.05) is 6.54 Å². The molecule has 0 bridgehead atoms. The Balaban J connectivity index is 1.72. The summed E-state index contributed by atoms with van der Waals surface area (Å²) in [5, 5.41) is 11.0. The highest BCUT2D eigenvalue weighted by Gasteiger charge is 2.30. The van der Waals surface area contributed by atoms with Crippen molar-refractivity contribution in [2.24, 2.45) is 7.05 Å². The highest BCUT2D eigenvalue weighted by atomic mass is 35.5. The van der Waals surface area contributed by atoms with E-state index in [4.69, 9.17) is 11.6 Å². The molecule has 1 aromatic heterocycles. The Morgan fingerprint density at radius 3 is 2.71 bits per heavy atom. The molecule has 1 fully saturated rings.